The second-order valence-corrected chi connectivity index (χ2v) is 8.87. The number of nitrogens with zero attached hydrogens (tertiary/aromatic N) is 1. The van der Waals surface area contributed by atoms with E-state index in [-0.39, 0.29) is 18.3 Å². The van der Waals surface area contributed by atoms with Crippen molar-refractivity contribution < 1.29 is 9.59 Å². The van der Waals surface area contributed by atoms with Crippen LogP contribution in [0, 0.1) is 11.8 Å². The fourth-order valence-electron chi connectivity index (χ4n) is 3.40. The zero-order valence-electron chi connectivity index (χ0n) is 19.1. The van der Waals surface area contributed by atoms with E-state index in [0.29, 0.717) is 30.6 Å². The first-order valence-electron chi connectivity index (χ1n) is 11.1. The molecule has 2 heterocycles. The molecule has 2 fully saturated rings. The van der Waals surface area contributed by atoms with Gasteiger partial charge < -0.3 is 5.32 Å². The number of carbonyl (C=O) groups excluding carboxylic acids is 2. The van der Waals surface area contributed by atoms with Gasteiger partial charge in [-0.15, -0.1) is 12.4 Å². The van der Waals surface area contributed by atoms with Gasteiger partial charge in [0.15, 0.2) is 0 Å². The van der Waals surface area contributed by atoms with Gasteiger partial charge in [-0.25, -0.2) is 0 Å². The number of halogens is 2. The quantitative estimate of drug-likeness (QED) is 0.556. The average molecular weight is 524 g/mol. The summed E-state index contributed by atoms with van der Waals surface area (Å²) in [4.78, 5) is 24.5. The highest BCUT2D eigenvalue weighted by Gasteiger charge is 2.23. The molecule has 2 unspecified atom stereocenters. The molecule has 0 spiro atoms. The van der Waals surface area contributed by atoms with Gasteiger partial charge in [-0.05, 0) is 37.1 Å². The average Bonchev–Trinajstić information content (AvgIpc) is 2.80. The summed E-state index contributed by atoms with van der Waals surface area (Å²) in [6.45, 7) is 8.18. The normalized spacial score (nSPS) is 20.7. The second-order valence-electron chi connectivity index (χ2n) is 8.30. The van der Waals surface area contributed by atoms with Gasteiger partial charge in [0.2, 0.25) is 0 Å². The monoisotopic (exact) mass is 522 g/mol. The molecular weight excluding hydrogens is 488 g/mol. The Balaban J connectivity index is 0.000000257. The van der Waals surface area contributed by atoms with Crippen molar-refractivity contribution in [3.8, 4) is 0 Å². The SMILES string of the molecule is BrCc1ccccc1.CC1CCN(Cc2ccccc2)CC1=O.CC1CCNCC1=O.Cl. The molecule has 32 heavy (non-hydrogen) atoms. The van der Waals surface area contributed by atoms with E-state index in [0.717, 1.165) is 37.8 Å². The third kappa shape index (κ3) is 10.9. The van der Waals surface area contributed by atoms with E-state index in [1.54, 1.807) is 0 Å². The lowest BCUT2D eigenvalue weighted by Crippen LogP contribution is -2.39. The lowest BCUT2D eigenvalue weighted by atomic mass is 9.97. The van der Waals surface area contributed by atoms with E-state index in [1.165, 1.54) is 11.1 Å². The van der Waals surface area contributed by atoms with Gasteiger partial charge in [0, 0.05) is 23.7 Å². The molecule has 6 heteroatoms. The summed E-state index contributed by atoms with van der Waals surface area (Å²) < 4.78 is 0. The first-order valence-corrected chi connectivity index (χ1v) is 12.2. The zero-order valence-corrected chi connectivity index (χ0v) is 21.5. The molecule has 2 saturated heterocycles. The largest absolute Gasteiger partial charge is 0.310 e. The molecule has 2 aromatic carbocycles. The number of carbonyl (C=O) groups is 2. The van der Waals surface area contributed by atoms with Crippen molar-refractivity contribution in [2.24, 2.45) is 11.8 Å². The lowest BCUT2D eigenvalue weighted by molar-refractivity contribution is -0.126. The Morgan fingerprint density at radius 2 is 1.44 bits per heavy atom. The maximum atomic E-state index is 11.6. The van der Waals surface area contributed by atoms with Crippen LogP contribution in [0.5, 0.6) is 0 Å². The van der Waals surface area contributed by atoms with Crippen LogP contribution in [-0.4, -0.2) is 42.6 Å². The number of likely N-dealkylation sites (tertiary alicyclic amines) is 1. The van der Waals surface area contributed by atoms with Crippen LogP contribution in [0.25, 0.3) is 0 Å². The fourth-order valence-corrected chi connectivity index (χ4v) is 3.78. The van der Waals surface area contributed by atoms with Gasteiger partial charge >= 0.3 is 0 Å². The number of rotatable bonds is 3. The molecule has 0 amide bonds. The Morgan fingerprint density at radius 1 is 0.875 bits per heavy atom. The van der Waals surface area contributed by atoms with Crippen molar-refractivity contribution >= 4 is 39.9 Å². The van der Waals surface area contributed by atoms with Crippen LogP contribution in [0.4, 0.5) is 0 Å². The molecule has 0 saturated carbocycles. The minimum atomic E-state index is 0. The lowest BCUT2D eigenvalue weighted by Gasteiger charge is -2.29. The van der Waals surface area contributed by atoms with Crippen molar-refractivity contribution in [3.63, 3.8) is 0 Å². The maximum absolute atomic E-state index is 11.6. The molecule has 0 aliphatic carbocycles. The zero-order chi connectivity index (χ0) is 22.5. The van der Waals surface area contributed by atoms with E-state index < -0.39 is 0 Å². The number of hydrogen-bond donors (Lipinski definition) is 1. The Morgan fingerprint density at radius 3 is 1.88 bits per heavy atom. The van der Waals surface area contributed by atoms with Crippen LogP contribution in [0.2, 0.25) is 0 Å². The highest BCUT2D eigenvalue weighted by Crippen LogP contribution is 2.15. The second kappa shape index (κ2) is 16.1. The maximum Gasteiger partial charge on any atom is 0.149 e. The van der Waals surface area contributed by atoms with Gasteiger partial charge in [-0.1, -0.05) is 90.4 Å². The van der Waals surface area contributed by atoms with E-state index in [1.807, 2.05) is 50.2 Å². The first kappa shape index (κ1) is 28.5. The summed E-state index contributed by atoms with van der Waals surface area (Å²) >= 11 is 3.36. The van der Waals surface area contributed by atoms with Crippen molar-refractivity contribution in [1.29, 1.82) is 0 Å². The van der Waals surface area contributed by atoms with Crippen molar-refractivity contribution in [1.82, 2.24) is 10.2 Å². The van der Waals surface area contributed by atoms with Crippen LogP contribution in [0.1, 0.15) is 37.8 Å². The Kier molecular flexibility index (Phi) is 14.4. The minimum Gasteiger partial charge on any atom is -0.310 e. The Bertz CT molecular complexity index is 789. The van der Waals surface area contributed by atoms with Crippen LogP contribution in [-0.2, 0) is 21.5 Å². The summed E-state index contributed by atoms with van der Waals surface area (Å²) in [5.41, 5.74) is 2.62. The predicted octanol–water partition coefficient (Wildman–Crippen LogP) is 5.29. The molecule has 0 radical (unpaired) electrons. The highest BCUT2D eigenvalue weighted by atomic mass is 79.9. The van der Waals surface area contributed by atoms with Gasteiger partial charge in [0.05, 0.1) is 13.1 Å². The Labute approximate surface area is 207 Å². The van der Waals surface area contributed by atoms with Gasteiger partial charge in [-0.2, -0.15) is 0 Å². The van der Waals surface area contributed by atoms with Crippen LogP contribution >= 0.6 is 28.3 Å². The number of hydrogen-bond acceptors (Lipinski definition) is 4. The summed E-state index contributed by atoms with van der Waals surface area (Å²) in [5.74, 6) is 1.31. The van der Waals surface area contributed by atoms with E-state index in [4.69, 9.17) is 0 Å². The molecule has 176 valence electrons. The van der Waals surface area contributed by atoms with E-state index in [9.17, 15) is 9.59 Å². The van der Waals surface area contributed by atoms with Gasteiger partial charge in [0.25, 0.3) is 0 Å². The number of nitrogens with one attached hydrogen (secondary N) is 1. The van der Waals surface area contributed by atoms with Crippen molar-refractivity contribution in [3.05, 3.63) is 71.8 Å². The molecule has 0 aromatic heterocycles. The standard InChI is InChI=1S/C13H17NO.C7H7Br.C6H11NO.ClH/c1-11-7-8-14(10-13(11)15)9-12-5-3-2-4-6-12;8-6-7-4-2-1-3-5-7;1-5-2-3-7-4-6(5)8;/h2-6,11H,7-10H2,1H3;1-5H,6H2;5,7H,2-4H2,1H3;1H. The van der Waals surface area contributed by atoms with Gasteiger partial charge in [-0.3, -0.25) is 14.5 Å². The summed E-state index contributed by atoms with van der Waals surface area (Å²) in [6, 6.07) is 20.6. The van der Waals surface area contributed by atoms with Crippen LogP contribution in [0.3, 0.4) is 0 Å². The van der Waals surface area contributed by atoms with Crippen LogP contribution < -0.4 is 5.32 Å². The third-order valence-electron chi connectivity index (χ3n) is 5.66. The summed E-state index contributed by atoms with van der Waals surface area (Å²) in [7, 11) is 0. The molecule has 0 bridgehead atoms. The molecule has 2 aromatic rings. The Hall–Kier alpha value is -1.53. The molecular formula is C26H36BrClN2O2. The third-order valence-corrected chi connectivity index (χ3v) is 6.30. The number of Topliss-reactive ketones (excluding diaryl/α,β-unsaturated/α-hetero) is 2. The number of benzene rings is 2. The number of alkyl halides is 1. The smallest absolute Gasteiger partial charge is 0.149 e. The molecule has 2 aliphatic heterocycles. The van der Waals surface area contributed by atoms with Crippen LogP contribution in [0.15, 0.2) is 60.7 Å². The predicted molar refractivity (Wildman–Crippen MR) is 138 cm³/mol. The summed E-state index contributed by atoms with van der Waals surface area (Å²) in [5, 5.41) is 3.97. The van der Waals surface area contributed by atoms with Crippen molar-refractivity contribution in [2.75, 3.05) is 26.2 Å². The van der Waals surface area contributed by atoms with Crippen molar-refractivity contribution in [2.45, 2.75) is 38.6 Å². The fraction of sp³-hybridized carbons (Fsp3) is 0.462. The summed E-state index contributed by atoms with van der Waals surface area (Å²) in [6.07, 6.45) is 2.02. The molecule has 1 N–H and O–H groups in total. The first-order chi connectivity index (χ1) is 15.0. The molecule has 4 nitrogen and oxygen atoms in total. The molecule has 2 atom stereocenters. The highest BCUT2D eigenvalue weighted by molar-refractivity contribution is 9.08. The number of piperidine rings is 2. The molecule has 2 aliphatic rings. The van der Waals surface area contributed by atoms with E-state index in [2.05, 4.69) is 50.4 Å². The topological polar surface area (TPSA) is 49.4 Å². The van der Waals surface area contributed by atoms with Gasteiger partial charge in [0.1, 0.15) is 11.6 Å². The number of ketones is 2. The van der Waals surface area contributed by atoms with E-state index >= 15 is 0 Å². The minimum absolute atomic E-state index is 0. The molecule has 4 rings (SSSR count).